The van der Waals surface area contributed by atoms with Gasteiger partial charge < -0.3 is 0 Å². The lowest BCUT2D eigenvalue weighted by atomic mass is 10.1. The molecule has 0 atom stereocenters. The number of hydrogen-bond acceptors (Lipinski definition) is 2. The zero-order chi connectivity index (χ0) is 10.6. The van der Waals surface area contributed by atoms with Gasteiger partial charge in [-0.1, -0.05) is 0 Å². The maximum absolute atomic E-state index is 12.4. The van der Waals surface area contributed by atoms with Crippen LogP contribution in [0.2, 0.25) is 0 Å². The standard InChI is InChI=1S/C9H10F3NS/c10-9(11,12)8-3-4-13-6-7(8)2-1-5-14/h3-4,6,14H,1-2,5H2. The molecule has 0 saturated carbocycles. The van der Waals surface area contributed by atoms with E-state index in [0.717, 1.165) is 12.3 Å². The molecule has 0 bridgehead atoms. The molecule has 1 heterocycles. The number of rotatable bonds is 3. The quantitative estimate of drug-likeness (QED) is 0.774. The van der Waals surface area contributed by atoms with Crippen molar-refractivity contribution < 1.29 is 13.2 Å². The van der Waals surface area contributed by atoms with Crippen LogP contribution in [0.1, 0.15) is 17.5 Å². The summed E-state index contributed by atoms with van der Waals surface area (Å²) in [5.74, 6) is 0.576. The Labute approximate surface area is 85.8 Å². The molecule has 1 aromatic rings. The molecule has 0 aliphatic rings. The van der Waals surface area contributed by atoms with Gasteiger partial charge in [0.25, 0.3) is 0 Å². The summed E-state index contributed by atoms with van der Waals surface area (Å²) in [5, 5.41) is 0. The second-order valence-corrected chi connectivity index (χ2v) is 3.30. The largest absolute Gasteiger partial charge is 0.416 e. The smallest absolute Gasteiger partial charge is 0.264 e. The van der Waals surface area contributed by atoms with Gasteiger partial charge in [0, 0.05) is 12.4 Å². The van der Waals surface area contributed by atoms with Crippen molar-refractivity contribution >= 4 is 12.6 Å². The SMILES string of the molecule is FC(F)(F)c1ccncc1CCCS. The summed E-state index contributed by atoms with van der Waals surface area (Å²) in [5.41, 5.74) is -0.344. The minimum Gasteiger partial charge on any atom is -0.264 e. The Hall–Kier alpha value is -0.710. The van der Waals surface area contributed by atoms with Crippen molar-refractivity contribution in [2.24, 2.45) is 0 Å². The summed E-state index contributed by atoms with van der Waals surface area (Å²) in [6, 6.07) is 1.01. The predicted octanol–water partition coefficient (Wildman–Crippen LogP) is 2.96. The first-order chi connectivity index (χ1) is 6.55. The number of pyridine rings is 1. The maximum atomic E-state index is 12.4. The number of hydrogen-bond donors (Lipinski definition) is 1. The summed E-state index contributed by atoms with van der Waals surface area (Å²) < 4.78 is 37.3. The van der Waals surface area contributed by atoms with Gasteiger partial charge in [-0.25, -0.2) is 0 Å². The Bertz CT molecular complexity index is 298. The monoisotopic (exact) mass is 221 g/mol. The molecule has 78 valence electrons. The number of nitrogens with zero attached hydrogens (tertiary/aromatic N) is 1. The van der Waals surface area contributed by atoms with E-state index in [0.29, 0.717) is 18.6 Å². The van der Waals surface area contributed by atoms with Gasteiger partial charge >= 0.3 is 6.18 Å². The first kappa shape index (κ1) is 11.4. The Balaban J connectivity index is 2.92. The molecule has 0 spiro atoms. The fourth-order valence-electron chi connectivity index (χ4n) is 1.17. The van der Waals surface area contributed by atoms with E-state index in [9.17, 15) is 13.2 Å². The number of alkyl halides is 3. The van der Waals surface area contributed by atoms with Crippen molar-refractivity contribution in [2.75, 3.05) is 5.75 Å². The molecule has 0 N–H and O–H groups in total. The summed E-state index contributed by atoms with van der Waals surface area (Å²) >= 11 is 3.96. The Kier molecular flexibility index (Phi) is 3.80. The highest BCUT2D eigenvalue weighted by molar-refractivity contribution is 7.80. The fourth-order valence-corrected chi connectivity index (χ4v) is 1.33. The van der Waals surface area contributed by atoms with Crippen molar-refractivity contribution in [2.45, 2.75) is 19.0 Å². The molecule has 0 unspecified atom stereocenters. The number of halogens is 3. The average Bonchev–Trinajstić information content (AvgIpc) is 2.14. The van der Waals surface area contributed by atoms with E-state index in [1.807, 2.05) is 0 Å². The highest BCUT2D eigenvalue weighted by atomic mass is 32.1. The van der Waals surface area contributed by atoms with Crippen LogP contribution in [-0.4, -0.2) is 10.7 Å². The van der Waals surface area contributed by atoms with E-state index in [2.05, 4.69) is 17.6 Å². The molecule has 14 heavy (non-hydrogen) atoms. The first-order valence-corrected chi connectivity index (χ1v) is 4.80. The van der Waals surface area contributed by atoms with Crippen LogP contribution >= 0.6 is 12.6 Å². The number of aromatic nitrogens is 1. The van der Waals surface area contributed by atoms with Crippen molar-refractivity contribution in [3.63, 3.8) is 0 Å². The van der Waals surface area contributed by atoms with Gasteiger partial charge in [-0.15, -0.1) is 0 Å². The topological polar surface area (TPSA) is 12.9 Å². The fraction of sp³-hybridized carbons (Fsp3) is 0.444. The first-order valence-electron chi connectivity index (χ1n) is 4.16. The second kappa shape index (κ2) is 4.68. The molecule has 0 fully saturated rings. The van der Waals surface area contributed by atoms with E-state index in [-0.39, 0.29) is 5.56 Å². The van der Waals surface area contributed by atoms with E-state index in [4.69, 9.17) is 0 Å². The third-order valence-electron chi connectivity index (χ3n) is 1.81. The van der Waals surface area contributed by atoms with Gasteiger partial charge in [-0.2, -0.15) is 25.8 Å². The minimum atomic E-state index is -4.28. The molecule has 0 aromatic carbocycles. The van der Waals surface area contributed by atoms with Gasteiger partial charge in [0.15, 0.2) is 0 Å². The Morgan fingerprint density at radius 3 is 2.64 bits per heavy atom. The second-order valence-electron chi connectivity index (χ2n) is 2.86. The van der Waals surface area contributed by atoms with Crippen LogP contribution in [0, 0.1) is 0 Å². The molecule has 1 nitrogen and oxygen atoms in total. The maximum Gasteiger partial charge on any atom is 0.416 e. The lowest BCUT2D eigenvalue weighted by molar-refractivity contribution is -0.138. The molecular formula is C9H10F3NS. The molecule has 0 amide bonds. The third kappa shape index (κ3) is 2.90. The van der Waals surface area contributed by atoms with E-state index in [1.54, 1.807) is 0 Å². The summed E-state index contributed by atoms with van der Waals surface area (Å²) in [6.45, 7) is 0. The van der Waals surface area contributed by atoms with Gasteiger partial charge in [-0.05, 0) is 30.2 Å². The van der Waals surface area contributed by atoms with E-state index >= 15 is 0 Å². The van der Waals surface area contributed by atoms with Crippen LogP contribution < -0.4 is 0 Å². The highest BCUT2D eigenvalue weighted by Crippen LogP contribution is 2.31. The van der Waals surface area contributed by atoms with Gasteiger partial charge in [0.05, 0.1) is 5.56 Å². The lowest BCUT2D eigenvalue weighted by Gasteiger charge is -2.11. The van der Waals surface area contributed by atoms with Crippen LogP contribution in [0.15, 0.2) is 18.5 Å². The molecule has 1 aromatic heterocycles. The number of thiol groups is 1. The van der Waals surface area contributed by atoms with Crippen molar-refractivity contribution in [3.8, 4) is 0 Å². The third-order valence-corrected chi connectivity index (χ3v) is 2.13. The molecule has 0 saturated heterocycles. The molecule has 0 aliphatic carbocycles. The minimum absolute atomic E-state index is 0.244. The summed E-state index contributed by atoms with van der Waals surface area (Å²) in [6.07, 6.45) is -0.863. The van der Waals surface area contributed by atoms with Crippen LogP contribution in [0.4, 0.5) is 13.2 Å². The predicted molar refractivity (Wildman–Crippen MR) is 51.4 cm³/mol. The Morgan fingerprint density at radius 2 is 2.07 bits per heavy atom. The highest BCUT2D eigenvalue weighted by Gasteiger charge is 2.32. The van der Waals surface area contributed by atoms with Crippen LogP contribution in [0.25, 0.3) is 0 Å². The van der Waals surface area contributed by atoms with Crippen LogP contribution in [-0.2, 0) is 12.6 Å². The zero-order valence-corrected chi connectivity index (χ0v) is 8.28. The van der Waals surface area contributed by atoms with Gasteiger partial charge in [0.2, 0.25) is 0 Å². The molecule has 0 aliphatic heterocycles. The van der Waals surface area contributed by atoms with Crippen molar-refractivity contribution in [3.05, 3.63) is 29.6 Å². The van der Waals surface area contributed by atoms with E-state index < -0.39 is 11.7 Å². The molecule has 5 heteroatoms. The normalized spacial score (nSPS) is 11.7. The van der Waals surface area contributed by atoms with E-state index in [1.165, 1.54) is 6.20 Å². The van der Waals surface area contributed by atoms with Crippen molar-refractivity contribution in [1.29, 1.82) is 0 Å². The molecular weight excluding hydrogens is 211 g/mol. The van der Waals surface area contributed by atoms with Gasteiger partial charge in [0.1, 0.15) is 0 Å². The van der Waals surface area contributed by atoms with Gasteiger partial charge in [-0.3, -0.25) is 4.98 Å². The summed E-state index contributed by atoms with van der Waals surface area (Å²) in [7, 11) is 0. The Morgan fingerprint density at radius 1 is 1.36 bits per heavy atom. The van der Waals surface area contributed by atoms with Crippen LogP contribution in [0.3, 0.4) is 0 Å². The molecule has 0 radical (unpaired) electrons. The summed E-state index contributed by atoms with van der Waals surface area (Å²) in [4.78, 5) is 3.69. The number of aryl methyl sites for hydroxylation is 1. The van der Waals surface area contributed by atoms with Crippen LogP contribution in [0.5, 0.6) is 0 Å². The lowest BCUT2D eigenvalue weighted by Crippen LogP contribution is -2.09. The zero-order valence-electron chi connectivity index (χ0n) is 7.38. The molecule has 1 rings (SSSR count). The average molecular weight is 221 g/mol. The van der Waals surface area contributed by atoms with Crippen molar-refractivity contribution in [1.82, 2.24) is 4.98 Å².